The molecule has 120 valence electrons. The number of hydrogen-bond donors (Lipinski definition) is 2. The molecule has 0 aromatic heterocycles. The number of rotatable bonds is 8. The van der Waals surface area contributed by atoms with Gasteiger partial charge in [0.2, 0.25) is 0 Å². The maximum absolute atomic E-state index is 10.2. The summed E-state index contributed by atoms with van der Waals surface area (Å²) in [4.78, 5) is 20.4. The van der Waals surface area contributed by atoms with Crippen molar-refractivity contribution in [3.05, 3.63) is 0 Å². The molecule has 3 atom stereocenters. The van der Waals surface area contributed by atoms with Crippen LogP contribution < -0.4 is 0 Å². The molecule has 2 N–H and O–H groups in total. The van der Waals surface area contributed by atoms with Gasteiger partial charge in [0.05, 0.1) is 0 Å². The Kier molecular flexibility index (Phi) is 12.5. The number of carboxylic acid groups (broad SMARTS) is 2. The van der Waals surface area contributed by atoms with Gasteiger partial charge in [0.1, 0.15) is 0 Å². The van der Waals surface area contributed by atoms with Crippen LogP contribution >= 0.6 is 0 Å². The average molecular weight is 288 g/mol. The van der Waals surface area contributed by atoms with Gasteiger partial charge in [-0.1, -0.05) is 48.0 Å². The van der Waals surface area contributed by atoms with E-state index in [1.807, 2.05) is 13.8 Å². The molecule has 0 saturated heterocycles. The number of hydrogen-bond acceptors (Lipinski definition) is 2. The Hall–Kier alpha value is -1.06. The van der Waals surface area contributed by atoms with Crippen molar-refractivity contribution in [2.45, 2.75) is 67.2 Å². The predicted octanol–water partition coefficient (Wildman–Crippen LogP) is 4.29. The van der Waals surface area contributed by atoms with E-state index in [-0.39, 0.29) is 0 Å². The molecule has 4 heteroatoms. The van der Waals surface area contributed by atoms with Gasteiger partial charge in [-0.05, 0) is 30.1 Å². The first-order valence-corrected chi connectivity index (χ1v) is 7.53. The highest BCUT2D eigenvalue weighted by Gasteiger charge is 2.13. The van der Waals surface area contributed by atoms with Crippen molar-refractivity contribution in [3.63, 3.8) is 0 Å². The molecule has 0 rings (SSSR count). The predicted molar refractivity (Wildman–Crippen MR) is 81.7 cm³/mol. The van der Waals surface area contributed by atoms with Crippen molar-refractivity contribution in [1.29, 1.82) is 0 Å². The van der Waals surface area contributed by atoms with Crippen LogP contribution in [0.3, 0.4) is 0 Å². The second-order valence-electron chi connectivity index (χ2n) is 6.29. The molecule has 0 radical (unpaired) electrons. The van der Waals surface area contributed by atoms with Crippen LogP contribution in [-0.4, -0.2) is 22.2 Å². The molecule has 4 nitrogen and oxygen atoms in total. The Bertz CT molecular complexity index is 274. The Morgan fingerprint density at radius 1 is 0.850 bits per heavy atom. The molecule has 0 aromatic rings. The van der Waals surface area contributed by atoms with E-state index in [1.54, 1.807) is 0 Å². The molecule has 0 bridgehead atoms. The van der Waals surface area contributed by atoms with Crippen LogP contribution in [0.4, 0.5) is 0 Å². The number of carboxylic acids is 2. The van der Waals surface area contributed by atoms with Gasteiger partial charge in [-0.2, -0.15) is 0 Å². The topological polar surface area (TPSA) is 74.6 Å². The van der Waals surface area contributed by atoms with Crippen molar-refractivity contribution in [3.8, 4) is 0 Å². The minimum atomic E-state index is -0.687. The van der Waals surface area contributed by atoms with Crippen molar-refractivity contribution >= 4 is 11.9 Å². The van der Waals surface area contributed by atoms with E-state index in [4.69, 9.17) is 10.2 Å². The Labute approximate surface area is 123 Å². The third-order valence-corrected chi connectivity index (χ3v) is 3.51. The standard InChI is InChI=1S/2C8H16O2/c1-6(2)4-7(3)5-8(9)10;1-4-6(2)7(3)5-8(9)10/h2*6-7H,4-5H2,1-3H3,(H,9,10). The van der Waals surface area contributed by atoms with Gasteiger partial charge in [-0.15, -0.1) is 0 Å². The van der Waals surface area contributed by atoms with Crippen molar-refractivity contribution < 1.29 is 19.8 Å². The molecule has 0 fully saturated rings. The summed E-state index contributed by atoms with van der Waals surface area (Å²) < 4.78 is 0. The van der Waals surface area contributed by atoms with E-state index in [0.717, 1.165) is 12.8 Å². The summed E-state index contributed by atoms with van der Waals surface area (Å²) in [6, 6.07) is 0. The van der Waals surface area contributed by atoms with Crippen LogP contribution in [0.25, 0.3) is 0 Å². The Balaban J connectivity index is 0. The summed E-state index contributed by atoms with van der Waals surface area (Å²) in [5.41, 5.74) is 0. The maximum Gasteiger partial charge on any atom is 0.303 e. The first kappa shape index (κ1) is 21.2. The first-order valence-electron chi connectivity index (χ1n) is 7.53. The molecule has 0 aliphatic carbocycles. The van der Waals surface area contributed by atoms with Crippen molar-refractivity contribution in [1.82, 2.24) is 0 Å². The van der Waals surface area contributed by atoms with E-state index in [1.165, 1.54) is 0 Å². The number of aliphatic carboxylic acids is 2. The minimum absolute atomic E-state index is 0.301. The molecule has 0 heterocycles. The molecule has 0 aliphatic rings. The zero-order valence-electron chi connectivity index (χ0n) is 13.8. The molecule has 0 spiro atoms. The van der Waals surface area contributed by atoms with Gasteiger partial charge in [0, 0.05) is 12.8 Å². The van der Waals surface area contributed by atoms with Gasteiger partial charge in [-0.25, -0.2) is 0 Å². The van der Waals surface area contributed by atoms with E-state index < -0.39 is 11.9 Å². The average Bonchev–Trinajstić information content (AvgIpc) is 2.25. The number of carbonyl (C=O) groups is 2. The third-order valence-electron chi connectivity index (χ3n) is 3.51. The van der Waals surface area contributed by atoms with E-state index in [2.05, 4.69) is 27.7 Å². The summed E-state index contributed by atoms with van der Waals surface area (Å²) >= 11 is 0. The smallest absolute Gasteiger partial charge is 0.303 e. The van der Waals surface area contributed by atoms with Crippen LogP contribution in [0.5, 0.6) is 0 Å². The van der Waals surface area contributed by atoms with Crippen molar-refractivity contribution in [2.75, 3.05) is 0 Å². The molecule has 0 aliphatic heterocycles. The Morgan fingerprint density at radius 3 is 1.60 bits per heavy atom. The van der Waals surface area contributed by atoms with Gasteiger partial charge in [0.15, 0.2) is 0 Å². The van der Waals surface area contributed by atoms with Crippen molar-refractivity contribution in [2.24, 2.45) is 23.7 Å². The van der Waals surface area contributed by atoms with Gasteiger partial charge in [0.25, 0.3) is 0 Å². The van der Waals surface area contributed by atoms with E-state index >= 15 is 0 Å². The quantitative estimate of drug-likeness (QED) is 0.698. The molecule has 20 heavy (non-hydrogen) atoms. The van der Waals surface area contributed by atoms with E-state index in [0.29, 0.717) is 36.5 Å². The fraction of sp³-hybridized carbons (Fsp3) is 0.875. The van der Waals surface area contributed by atoms with E-state index in [9.17, 15) is 9.59 Å². The highest BCUT2D eigenvalue weighted by molar-refractivity contribution is 5.67. The van der Waals surface area contributed by atoms with Gasteiger partial charge >= 0.3 is 11.9 Å². The maximum atomic E-state index is 10.2. The first-order chi connectivity index (χ1) is 9.09. The van der Waals surface area contributed by atoms with Crippen LogP contribution in [0.15, 0.2) is 0 Å². The highest BCUT2D eigenvalue weighted by atomic mass is 16.4. The SMILES string of the molecule is CC(C)CC(C)CC(=O)O.CCC(C)C(C)CC(=O)O. The highest BCUT2D eigenvalue weighted by Crippen LogP contribution is 2.17. The fourth-order valence-corrected chi connectivity index (χ4v) is 2.07. The summed E-state index contributed by atoms with van der Waals surface area (Å²) in [6.45, 7) is 12.4. The minimum Gasteiger partial charge on any atom is -0.481 e. The molecule has 3 unspecified atom stereocenters. The van der Waals surface area contributed by atoms with Crippen LogP contribution in [0.1, 0.15) is 67.2 Å². The lowest BCUT2D eigenvalue weighted by Gasteiger charge is -2.14. The molecule has 0 amide bonds. The zero-order chi connectivity index (χ0) is 16.3. The second kappa shape index (κ2) is 11.7. The normalized spacial score (nSPS) is 14.9. The van der Waals surface area contributed by atoms with Gasteiger partial charge in [-0.3, -0.25) is 9.59 Å². The third kappa shape index (κ3) is 15.0. The second-order valence-corrected chi connectivity index (χ2v) is 6.29. The molecule has 0 saturated carbocycles. The fourth-order valence-electron chi connectivity index (χ4n) is 2.07. The summed E-state index contributed by atoms with van der Waals surface area (Å²) in [5.74, 6) is 0.381. The summed E-state index contributed by atoms with van der Waals surface area (Å²) in [6.07, 6.45) is 2.67. The lowest BCUT2D eigenvalue weighted by atomic mass is 9.91. The molecular formula is C16H32O4. The summed E-state index contributed by atoms with van der Waals surface area (Å²) in [7, 11) is 0. The summed E-state index contributed by atoms with van der Waals surface area (Å²) in [5, 5.41) is 16.8. The lowest BCUT2D eigenvalue weighted by molar-refractivity contribution is -0.139. The van der Waals surface area contributed by atoms with Crippen LogP contribution in [0.2, 0.25) is 0 Å². The Morgan fingerprint density at radius 2 is 1.30 bits per heavy atom. The van der Waals surface area contributed by atoms with Crippen LogP contribution in [0, 0.1) is 23.7 Å². The van der Waals surface area contributed by atoms with Crippen LogP contribution in [-0.2, 0) is 9.59 Å². The van der Waals surface area contributed by atoms with Gasteiger partial charge < -0.3 is 10.2 Å². The molecular weight excluding hydrogens is 256 g/mol. The zero-order valence-corrected chi connectivity index (χ0v) is 13.8. The molecule has 0 aromatic carbocycles. The largest absolute Gasteiger partial charge is 0.481 e. The monoisotopic (exact) mass is 288 g/mol. The lowest BCUT2D eigenvalue weighted by Crippen LogP contribution is -2.11.